The first-order valence-corrected chi connectivity index (χ1v) is 6.80. The summed E-state index contributed by atoms with van der Waals surface area (Å²) in [5, 5.41) is 14.0. The van der Waals surface area contributed by atoms with Crippen molar-refractivity contribution in [3.63, 3.8) is 0 Å². The van der Waals surface area contributed by atoms with Crippen LogP contribution in [0.3, 0.4) is 0 Å². The van der Waals surface area contributed by atoms with Crippen LogP contribution in [0.2, 0.25) is 0 Å². The summed E-state index contributed by atoms with van der Waals surface area (Å²) in [5.74, 6) is -0.123. The van der Waals surface area contributed by atoms with Crippen LogP contribution in [0, 0.1) is 11.3 Å². The van der Waals surface area contributed by atoms with Crippen molar-refractivity contribution in [1.29, 1.82) is 5.26 Å². The molecule has 4 heteroatoms. The van der Waals surface area contributed by atoms with Gasteiger partial charge in [0.25, 0.3) is 5.91 Å². The molecule has 0 aliphatic heterocycles. The summed E-state index contributed by atoms with van der Waals surface area (Å²) in [5.41, 5.74) is 0.318. The molecule has 0 aliphatic carbocycles. The number of nitrogens with one attached hydrogen (secondary N) is 1. The normalized spacial score (nSPS) is 10.9. The van der Waals surface area contributed by atoms with Gasteiger partial charge < -0.3 is 5.32 Å². The van der Waals surface area contributed by atoms with Gasteiger partial charge in [-0.2, -0.15) is 5.26 Å². The Balaban J connectivity index is 2.89. The van der Waals surface area contributed by atoms with E-state index in [4.69, 9.17) is 0 Å². The zero-order valence-corrected chi connectivity index (χ0v) is 11.4. The topological polar surface area (TPSA) is 52.9 Å². The molecule has 1 rings (SSSR count). The summed E-state index contributed by atoms with van der Waals surface area (Å²) in [6.45, 7) is 5.86. The number of hydrogen-bond donors (Lipinski definition) is 1. The highest BCUT2D eigenvalue weighted by Gasteiger charge is 2.29. The molecule has 17 heavy (non-hydrogen) atoms. The number of rotatable bonds is 5. The molecule has 3 nitrogen and oxygen atoms in total. The Labute approximate surface area is 106 Å². The van der Waals surface area contributed by atoms with Crippen molar-refractivity contribution in [2.24, 2.45) is 0 Å². The first-order valence-electron chi connectivity index (χ1n) is 5.92. The van der Waals surface area contributed by atoms with E-state index in [2.05, 4.69) is 11.4 Å². The maximum absolute atomic E-state index is 12.1. The third-order valence-electron chi connectivity index (χ3n) is 3.11. The van der Waals surface area contributed by atoms with Crippen LogP contribution < -0.4 is 5.32 Å². The lowest BCUT2D eigenvalue weighted by Gasteiger charge is -2.24. The van der Waals surface area contributed by atoms with Gasteiger partial charge in [-0.05, 0) is 36.3 Å². The molecule has 1 heterocycles. The Morgan fingerprint density at radius 2 is 2.12 bits per heavy atom. The number of nitriles is 1. The zero-order chi connectivity index (χ0) is 12.9. The van der Waals surface area contributed by atoms with Gasteiger partial charge >= 0.3 is 0 Å². The molecule has 1 amide bonds. The van der Waals surface area contributed by atoms with Gasteiger partial charge in [0.05, 0.1) is 10.9 Å². The summed E-state index contributed by atoms with van der Waals surface area (Å²) in [4.78, 5) is 12.9. The summed E-state index contributed by atoms with van der Waals surface area (Å²) >= 11 is 1.43. The molecule has 0 saturated heterocycles. The van der Waals surface area contributed by atoms with Crippen LogP contribution in [0.4, 0.5) is 0 Å². The Bertz CT molecular complexity index is 427. The zero-order valence-electron chi connectivity index (χ0n) is 10.5. The van der Waals surface area contributed by atoms with Gasteiger partial charge in [-0.25, -0.2) is 0 Å². The fraction of sp³-hybridized carbons (Fsp3) is 0.538. The quantitative estimate of drug-likeness (QED) is 0.873. The first-order chi connectivity index (χ1) is 8.12. The average Bonchev–Trinajstić information content (AvgIpc) is 2.84. The fourth-order valence-electron chi connectivity index (χ4n) is 1.70. The molecule has 1 N–H and O–H groups in total. The minimum Gasteiger partial charge on any atom is -0.333 e. The summed E-state index contributed by atoms with van der Waals surface area (Å²) in [6, 6.07) is 4.18. The van der Waals surface area contributed by atoms with Crippen molar-refractivity contribution < 1.29 is 4.79 Å². The van der Waals surface area contributed by atoms with E-state index in [0.717, 1.165) is 16.9 Å². The second-order valence-electron chi connectivity index (χ2n) is 3.98. The van der Waals surface area contributed by atoms with Gasteiger partial charge in [-0.15, -0.1) is 11.3 Å². The molecule has 1 aromatic heterocycles. The van der Waals surface area contributed by atoms with Gasteiger partial charge in [-0.1, -0.05) is 20.8 Å². The van der Waals surface area contributed by atoms with Crippen molar-refractivity contribution in [2.75, 3.05) is 0 Å². The van der Waals surface area contributed by atoms with Crippen LogP contribution in [0.25, 0.3) is 0 Å². The lowest BCUT2D eigenvalue weighted by molar-refractivity contribution is 0.0919. The molecule has 1 aromatic rings. The van der Waals surface area contributed by atoms with Crippen molar-refractivity contribution in [2.45, 2.75) is 45.6 Å². The second kappa shape index (κ2) is 5.83. The molecule has 0 saturated carbocycles. The maximum atomic E-state index is 12.1. The minimum atomic E-state index is -0.730. The number of nitrogens with zero attached hydrogens (tertiary/aromatic N) is 1. The molecule has 92 valence electrons. The third kappa shape index (κ3) is 2.86. The first kappa shape index (κ1) is 13.7. The monoisotopic (exact) mass is 250 g/mol. The Morgan fingerprint density at radius 1 is 1.47 bits per heavy atom. The van der Waals surface area contributed by atoms with Crippen LogP contribution in [-0.4, -0.2) is 11.4 Å². The maximum Gasteiger partial charge on any atom is 0.262 e. The van der Waals surface area contributed by atoms with E-state index in [1.807, 2.05) is 32.2 Å². The predicted octanol–water partition coefficient (Wildman–Crippen LogP) is 3.12. The van der Waals surface area contributed by atoms with Gasteiger partial charge in [0.1, 0.15) is 5.54 Å². The van der Waals surface area contributed by atoms with Gasteiger partial charge in [-0.3, -0.25) is 4.79 Å². The van der Waals surface area contributed by atoms with Crippen LogP contribution in [0.5, 0.6) is 0 Å². The average molecular weight is 250 g/mol. The van der Waals surface area contributed by atoms with E-state index in [1.165, 1.54) is 11.3 Å². The van der Waals surface area contributed by atoms with Crippen molar-refractivity contribution >= 4 is 17.2 Å². The molecule has 0 atom stereocenters. The molecular weight excluding hydrogens is 232 g/mol. The van der Waals surface area contributed by atoms with Crippen LogP contribution >= 0.6 is 11.3 Å². The number of carbonyl (C=O) groups is 1. The van der Waals surface area contributed by atoms with Gasteiger partial charge in [0.2, 0.25) is 0 Å². The van der Waals surface area contributed by atoms with Crippen molar-refractivity contribution in [3.05, 3.63) is 21.9 Å². The number of thiophene rings is 1. The Morgan fingerprint density at radius 3 is 2.59 bits per heavy atom. The second-order valence-corrected chi connectivity index (χ2v) is 4.90. The molecule has 0 bridgehead atoms. The predicted molar refractivity (Wildman–Crippen MR) is 70.1 cm³/mol. The largest absolute Gasteiger partial charge is 0.333 e. The highest BCUT2D eigenvalue weighted by Crippen LogP contribution is 2.20. The molecule has 0 aliphatic rings. The summed E-state index contributed by atoms with van der Waals surface area (Å²) in [7, 11) is 0. The van der Waals surface area contributed by atoms with E-state index < -0.39 is 5.54 Å². The lowest BCUT2D eigenvalue weighted by atomic mass is 9.94. The third-order valence-corrected chi connectivity index (χ3v) is 4.06. The van der Waals surface area contributed by atoms with E-state index in [9.17, 15) is 10.1 Å². The SMILES string of the molecule is CCc1ccsc1C(=O)NC(C#N)(CC)CC. The van der Waals surface area contributed by atoms with Gasteiger partial charge in [0, 0.05) is 0 Å². The van der Waals surface area contributed by atoms with Crippen LogP contribution in [-0.2, 0) is 6.42 Å². The van der Waals surface area contributed by atoms with Crippen LogP contribution in [0.15, 0.2) is 11.4 Å². The minimum absolute atomic E-state index is 0.123. The van der Waals surface area contributed by atoms with Gasteiger partial charge in [0.15, 0.2) is 0 Å². The number of carbonyl (C=O) groups excluding carboxylic acids is 1. The van der Waals surface area contributed by atoms with E-state index >= 15 is 0 Å². The Kier molecular flexibility index (Phi) is 4.71. The van der Waals surface area contributed by atoms with E-state index in [0.29, 0.717) is 12.8 Å². The highest BCUT2D eigenvalue weighted by molar-refractivity contribution is 7.12. The van der Waals surface area contributed by atoms with Crippen molar-refractivity contribution in [3.8, 4) is 6.07 Å². The Hall–Kier alpha value is -1.34. The van der Waals surface area contributed by atoms with E-state index in [-0.39, 0.29) is 5.91 Å². The van der Waals surface area contributed by atoms with Crippen molar-refractivity contribution in [1.82, 2.24) is 5.32 Å². The highest BCUT2D eigenvalue weighted by atomic mass is 32.1. The smallest absolute Gasteiger partial charge is 0.262 e. The molecular formula is C13H18N2OS. The summed E-state index contributed by atoms with van der Waals surface area (Å²) in [6.07, 6.45) is 2.08. The standard InChI is InChI=1S/C13H18N2OS/c1-4-10-7-8-17-11(10)12(16)15-13(5-2,6-3)9-14/h7-8H,4-6H2,1-3H3,(H,15,16). The van der Waals surface area contributed by atoms with E-state index in [1.54, 1.807) is 0 Å². The molecule has 0 unspecified atom stereocenters. The number of aryl methyl sites for hydroxylation is 1. The van der Waals surface area contributed by atoms with Crippen LogP contribution in [0.1, 0.15) is 48.8 Å². The lowest BCUT2D eigenvalue weighted by Crippen LogP contribution is -2.46. The number of hydrogen-bond acceptors (Lipinski definition) is 3. The fourth-order valence-corrected chi connectivity index (χ4v) is 2.59. The summed E-state index contributed by atoms with van der Waals surface area (Å²) < 4.78 is 0. The number of amides is 1. The molecule has 0 radical (unpaired) electrons. The molecule has 0 fully saturated rings. The molecule has 0 aromatic carbocycles. The molecule has 0 spiro atoms.